The van der Waals surface area contributed by atoms with Crippen molar-refractivity contribution in [3.63, 3.8) is 0 Å². The molecule has 20 heavy (non-hydrogen) atoms. The molecule has 1 amide bonds. The number of rotatable bonds is 3. The van der Waals surface area contributed by atoms with E-state index < -0.39 is 0 Å². The van der Waals surface area contributed by atoms with Crippen LogP contribution in [0.2, 0.25) is 0 Å². The summed E-state index contributed by atoms with van der Waals surface area (Å²) in [5.74, 6) is 1.10. The van der Waals surface area contributed by atoms with E-state index in [1.165, 1.54) is 5.56 Å². The van der Waals surface area contributed by atoms with Gasteiger partial charge in [0.05, 0.1) is 18.7 Å². The summed E-state index contributed by atoms with van der Waals surface area (Å²) in [7, 11) is 0. The highest BCUT2D eigenvalue weighted by Gasteiger charge is 2.23. The smallest absolute Gasteiger partial charge is 0.224 e. The SMILES string of the molecule is Cc1ccc(CC(=O)NC2CCCc3occc32)cc1. The van der Waals surface area contributed by atoms with Gasteiger partial charge in [-0.1, -0.05) is 29.8 Å². The predicted octanol–water partition coefficient (Wildman–Crippen LogP) is 3.32. The zero-order chi connectivity index (χ0) is 13.9. The van der Waals surface area contributed by atoms with Gasteiger partial charge in [-0.3, -0.25) is 4.79 Å². The minimum Gasteiger partial charge on any atom is -0.469 e. The molecular weight excluding hydrogens is 250 g/mol. The van der Waals surface area contributed by atoms with Crippen molar-refractivity contribution >= 4 is 5.91 Å². The Hall–Kier alpha value is -2.03. The van der Waals surface area contributed by atoms with Crippen LogP contribution < -0.4 is 5.32 Å². The molecule has 2 aromatic rings. The van der Waals surface area contributed by atoms with Crippen molar-refractivity contribution in [2.45, 2.75) is 38.6 Å². The third-order valence-corrected chi connectivity index (χ3v) is 3.87. The largest absolute Gasteiger partial charge is 0.469 e. The van der Waals surface area contributed by atoms with Gasteiger partial charge < -0.3 is 9.73 Å². The number of hydrogen-bond acceptors (Lipinski definition) is 2. The van der Waals surface area contributed by atoms with E-state index in [9.17, 15) is 4.79 Å². The van der Waals surface area contributed by atoms with Crippen LogP contribution in [0, 0.1) is 6.92 Å². The van der Waals surface area contributed by atoms with Crippen LogP contribution in [0.15, 0.2) is 41.0 Å². The van der Waals surface area contributed by atoms with Crippen LogP contribution in [0.25, 0.3) is 0 Å². The molecule has 0 saturated carbocycles. The first-order chi connectivity index (χ1) is 9.72. The number of amides is 1. The Bertz CT molecular complexity index is 598. The average molecular weight is 269 g/mol. The van der Waals surface area contributed by atoms with Crippen molar-refractivity contribution in [2.24, 2.45) is 0 Å². The molecule has 104 valence electrons. The summed E-state index contributed by atoms with van der Waals surface area (Å²) in [5.41, 5.74) is 3.41. The van der Waals surface area contributed by atoms with Crippen LogP contribution >= 0.6 is 0 Å². The number of furan rings is 1. The van der Waals surface area contributed by atoms with Gasteiger partial charge in [0.1, 0.15) is 5.76 Å². The van der Waals surface area contributed by atoms with E-state index >= 15 is 0 Å². The molecule has 1 aromatic heterocycles. The normalized spacial score (nSPS) is 17.6. The lowest BCUT2D eigenvalue weighted by Gasteiger charge is -2.22. The van der Waals surface area contributed by atoms with Gasteiger partial charge in [-0.15, -0.1) is 0 Å². The molecule has 1 N–H and O–H groups in total. The fraction of sp³-hybridized carbons (Fsp3) is 0.353. The standard InChI is InChI=1S/C17H19NO2/c1-12-5-7-13(8-6-12)11-17(19)18-15-3-2-4-16-14(15)9-10-20-16/h5-10,15H,2-4,11H2,1H3,(H,18,19). The van der Waals surface area contributed by atoms with Gasteiger partial charge >= 0.3 is 0 Å². The molecule has 1 heterocycles. The number of carbonyl (C=O) groups is 1. The first-order valence-corrected chi connectivity index (χ1v) is 7.13. The van der Waals surface area contributed by atoms with Crippen molar-refractivity contribution < 1.29 is 9.21 Å². The van der Waals surface area contributed by atoms with E-state index in [0.29, 0.717) is 6.42 Å². The van der Waals surface area contributed by atoms with Crippen LogP contribution in [-0.2, 0) is 17.6 Å². The Labute approximate surface area is 119 Å². The molecule has 0 bridgehead atoms. The van der Waals surface area contributed by atoms with Crippen LogP contribution in [0.4, 0.5) is 0 Å². The Morgan fingerprint density at radius 2 is 2.10 bits per heavy atom. The third kappa shape index (κ3) is 2.77. The molecule has 3 nitrogen and oxygen atoms in total. The Balaban J connectivity index is 1.64. The molecule has 0 radical (unpaired) electrons. The molecule has 1 aliphatic rings. The van der Waals surface area contributed by atoms with Crippen LogP contribution in [0.3, 0.4) is 0 Å². The lowest BCUT2D eigenvalue weighted by atomic mass is 9.93. The maximum atomic E-state index is 12.2. The van der Waals surface area contributed by atoms with Crippen molar-refractivity contribution in [2.75, 3.05) is 0 Å². The fourth-order valence-corrected chi connectivity index (χ4v) is 2.77. The molecule has 0 saturated heterocycles. The summed E-state index contributed by atoms with van der Waals surface area (Å²) in [6, 6.07) is 10.2. The van der Waals surface area contributed by atoms with Gasteiger partial charge in [-0.05, 0) is 31.4 Å². The van der Waals surface area contributed by atoms with Crippen LogP contribution in [0.1, 0.15) is 41.3 Å². The van der Waals surface area contributed by atoms with E-state index in [4.69, 9.17) is 4.42 Å². The third-order valence-electron chi connectivity index (χ3n) is 3.87. The van der Waals surface area contributed by atoms with Crippen molar-refractivity contribution in [3.8, 4) is 0 Å². The molecule has 0 aliphatic heterocycles. The highest BCUT2D eigenvalue weighted by atomic mass is 16.3. The van der Waals surface area contributed by atoms with Crippen molar-refractivity contribution in [3.05, 3.63) is 59.0 Å². The molecule has 1 aromatic carbocycles. The number of benzene rings is 1. The quantitative estimate of drug-likeness (QED) is 0.928. The maximum Gasteiger partial charge on any atom is 0.224 e. The average Bonchev–Trinajstić information content (AvgIpc) is 2.91. The lowest BCUT2D eigenvalue weighted by Crippen LogP contribution is -2.31. The highest BCUT2D eigenvalue weighted by Crippen LogP contribution is 2.30. The topological polar surface area (TPSA) is 42.2 Å². The minimum atomic E-state index is 0.0768. The number of hydrogen-bond donors (Lipinski definition) is 1. The first kappa shape index (κ1) is 13.0. The number of nitrogens with one attached hydrogen (secondary N) is 1. The monoisotopic (exact) mass is 269 g/mol. The molecule has 0 fully saturated rings. The highest BCUT2D eigenvalue weighted by molar-refractivity contribution is 5.79. The fourth-order valence-electron chi connectivity index (χ4n) is 2.77. The zero-order valence-corrected chi connectivity index (χ0v) is 11.7. The van der Waals surface area contributed by atoms with Crippen molar-refractivity contribution in [1.82, 2.24) is 5.32 Å². The van der Waals surface area contributed by atoms with E-state index in [1.54, 1.807) is 6.26 Å². The second-order valence-electron chi connectivity index (χ2n) is 5.47. The van der Waals surface area contributed by atoms with Crippen LogP contribution in [-0.4, -0.2) is 5.91 Å². The number of aryl methyl sites for hydroxylation is 2. The van der Waals surface area contributed by atoms with Gasteiger partial charge in [0.2, 0.25) is 5.91 Å². The molecular formula is C17H19NO2. The molecule has 1 atom stereocenters. The first-order valence-electron chi connectivity index (χ1n) is 7.13. The van der Waals surface area contributed by atoms with E-state index in [1.807, 2.05) is 37.3 Å². The molecule has 0 spiro atoms. The van der Waals surface area contributed by atoms with Gasteiger partial charge in [0.25, 0.3) is 0 Å². The second kappa shape index (κ2) is 5.53. The summed E-state index contributed by atoms with van der Waals surface area (Å²) in [5, 5.41) is 3.13. The van der Waals surface area contributed by atoms with Crippen LogP contribution in [0.5, 0.6) is 0 Å². The second-order valence-corrected chi connectivity index (χ2v) is 5.47. The number of fused-ring (bicyclic) bond motifs is 1. The lowest BCUT2D eigenvalue weighted by molar-refractivity contribution is -0.121. The maximum absolute atomic E-state index is 12.2. The minimum absolute atomic E-state index is 0.0768. The van der Waals surface area contributed by atoms with Crippen molar-refractivity contribution in [1.29, 1.82) is 0 Å². The summed E-state index contributed by atoms with van der Waals surface area (Å²) in [6.45, 7) is 2.05. The summed E-state index contributed by atoms with van der Waals surface area (Å²) >= 11 is 0. The van der Waals surface area contributed by atoms with Gasteiger partial charge in [-0.25, -0.2) is 0 Å². The molecule has 3 rings (SSSR count). The van der Waals surface area contributed by atoms with Gasteiger partial charge in [-0.2, -0.15) is 0 Å². The van der Waals surface area contributed by atoms with Gasteiger partial charge in [0.15, 0.2) is 0 Å². The Morgan fingerprint density at radius 3 is 2.90 bits per heavy atom. The summed E-state index contributed by atoms with van der Waals surface area (Å²) in [4.78, 5) is 12.2. The summed E-state index contributed by atoms with van der Waals surface area (Å²) in [6.07, 6.45) is 5.19. The Kier molecular flexibility index (Phi) is 3.59. The molecule has 3 heteroatoms. The van der Waals surface area contributed by atoms with Gasteiger partial charge in [0, 0.05) is 12.0 Å². The zero-order valence-electron chi connectivity index (χ0n) is 11.7. The Morgan fingerprint density at radius 1 is 1.30 bits per heavy atom. The molecule has 1 aliphatic carbocycles. The summed E-state index contributed by atoms with van der Waals surface area (Å²) < 4.78 is 5.45. The predicted molar refractivity (Wildman–Crippen MR) is 77.4 cm³/mol. The number of carbonyl (C=O) groups excluding carboxylic acids is 1. The van der Waals surface area contributed by atoms with E-state index in [-0.39, 0.29) is 11.9 Å². The van der Waals surface area contributed by atoms with E-state index in [2.05, 4.69) is 5.32 Å². The molecule has 1 unspecified atom stereocenters. The van der Waals surface area contributed by atoms with E-state index in [0.717, 1.165) is 36.1 Å².